The number of nitrogens with two attached hydrogens (primary N) is 1. The zero-order valence-electron chi connectivity index (χ0n) is 17.1. The molecule has 7 nitrogen and oxygen atoms in total. The first-order valence-corrected chi connectivity index (χ1v) is 10.1. The Morgan fingerprint density at radius 3 is 2.83 bits per heavy atom. The van der Waals surface area contributed by atoms with Gasteiger partial charge in [-0.1, -0.05) is 42.5 Å². The number of nitrogens with zero attached hydrogens (tertiary/aromatic N) is 4. The summed E-state index contributed by atoms with van der Waals surface area (Å²) in [7, 11) is 0. The molecule has 30 heavy (non-hydrogen) atoms. The van der Waals surface area contributed by atoms with Gasteiger partial charge in [0.05, 0.1) is 24.1 Å². The zero-order valence-corrected chi connectivity index (χ0v) is 17.1. The molecule has 4 rings (SSSR count). The van der Waals surface area contributed by atoms with E-state index in [0.717, 1.165) is 48.4 Å². The van der Waals surface area contributed by atoms with Crippen LogP contribution in [0.25, 0.3) is 11.1 Å². The highest BCUT2D eigenvalue weighted by atomic mass is 16.1. The summed E-state index contributed by atoms with van der Waals surface area (Å²) in [6.45, 7) is 5.87. The summed E-state index contributed by atoms with van der Waals surface area (Å²) in [5, 5.41) is 8.72. The maximum Gasteiger partial charge on any atom is 0.227 e. The van der Waals surface area contributed by atoms with E-state index in [0.29, 0.717) is 12.1 Å². The van der Waals surface area contributed by atoms with Crippen molar-refractivity contribution in [1.82, 2.24) is 20.1 Å². The van der Waals surface area contributed by atoms with Crippen molar-refractivity contribution in [2.24, 2.45) is 10.8 Å². The van der Waals surface area contributed by atoms with Crippen molar-refractivity contribution >= 4 is 12.1 Å². The van der Waals surface area contributed by atoms with Gasteiger partial charge in [0.15, 0.2) is 0 Å². The summed E-state index contributed by atoms with van der Waals surface area (Å²) >= 11 is 0. The molecule has 0 spiro atoms. The number of carbonyl (C=O) groups is 1. The normalized spacial score (nSPS) is 14.4. The molecule has 0 fully saturated rings. The van der Waals surface area contributed by atoms with E-state index in [2.05, 4.69) is 67.7 Å². The van der Waals surface area contributed by atoms with Crippen LogP contribution in [-0.2, 0) is 24.4 Å². The van der Waals surface area contributed by atoms with E-state index in [1.807, 2.05) is 19.2 Å². The minimum absolute atomic E-state index is 0.238. The predicted octanol–water partition coefficient (Wildman–Crippen LogP) is 2.28. The van der Waals surface area contributed by atoms with Gasteiger partial charge in [-0.05, 0) is 29.7 Å². The Morgan fingerprint density at radius 1 is 1.23 bits per heavy atom. The number of rotatable bonds is 7. The summed E-state index contributed by atoms with van der Waals surface area (Å²) in [4.78, 5) is 13.1. The number of aryl methyl sites for hydroxylation is 1. The molecule has 1 aliphatic rings. The lowest BCUT2D eigenvalue weighted by molar-refractivity contribution is -0.109. The molecular formula is C23H26N6O. The third kappa shape index (κ3) is 4.17. The van der Waals surface area contributed by atoms with E-state index < -0.39 is 0 Å². The number of aromatic nitrogens is 2. The highest BCUT2D eigenvalue weighted by Gasteiger charge is 2.22. The van der Waals surface area contributed by atoms with Gasteiger partial charge in [0.1, 0.15) is 0 Å². The molecule has 1 aliphatic heterocycles. The van der Waals surface area contributed by atoms with Crippen molar-refractivity contribution in [3.63, 3.8) is 0 Å². The van der Waals surface area contributed by atoms with Crippen LogP contribution in [0.1, 0.15) is 22.4 Å². The highest BCUT2D eigenvalue weighted by molar-refractivity contribution is 6.04. The number of benzene rings is 2. The van der Waals surface area contributed by atoms with Crippen LogP contribution in [0.4, 0.5) is 0 Å². The number of hydrogen-bond donors (Lipinski definition) is 2. The second-order valence-electron chi connectivity index (χ2n) is 7.46. The van der Waals surface area contributed by atoms with E-state index in [1.54, 1.807) is 0 Å². The van der Waals surface area contributed by atoms with Crippen molar-refractivity contribution in [3.05, 3.63) is 77.1 Å². The van der Waals surface area contributed by atoms with Crippen LogP contribution >= 0.6 is 0 Å². The topological polar surface area (TPSA) is 88.5 Å². The van der Waals surface area contributed by atoms with Gasteiger partial charge < -0.3 is 5.73 Å². The van der Waals surface area contributed by atoms with Crippen molar-refractivity contribution < 1.29 is 4.79 Å². The average molecular weight is 403 g/mol. The van der Waals surface area contributed by atoms with Crippen molar-refractivity contribution in [2.75, 3.05) is 13.1 Å². The van der Waals surface area contributed by atoms with Gasteiger partial charge in [0.2, 0.25) is 6.41 Å². The summed E-state index contributed by atoms with van der Waals surface area (Å²) < 4.78 is 2.10. The van der Waals surface area contributed by atoms with Crippen LogP contribution in [0.15, 0.2) is 59.8 Å². The van der Waals surface area contributed by atoms with E-state index >= 15 is 0 Å². The van der Waals surface area contributed by atoms with E-state index in [-0.39, 0.29) is 6.54 Å². The molecule has 0 aliphatic carbocycles. The van der Waals surface area contributed by atoms with E-state index in [4.69, 9.17) is 5.73 Å². The molecule has 0 saturated heterocycles. The summed E-state index contributed by atoms with van der Waals surface area (Å²) in [6.07, 6.45) is 2.49. The Balaban J connectivity index is 1.63. The van der Waals surface area contributed by atoms with E-state index in [1.165, 1.54) is 11.3 Å². The number of nitrogens with one attached hydrogen (secondary N) is 1. The number of hydrazone groups is 1. The van der Waals surface area contributed by atoms with Gasteiger partial charge >= 0.3 is 0 Å². The SMILES string of the molecule is Cc1ccc(-c2cnn3c2CN(Cc2ccccc2)CC3)cc1/C(CN)=N\NC=O. The van der Waals surface area contributed by atoms with Crippen molar-refractivity contribution in [1.29, 1.82) is 0 Å². The predicted molar refractivity (Wildman–Crippen MR) is 118 cm³/mol. The van der Waals surface area contributed by atoms with Crippen LogP contribution in [0.3, 0.4) is 0 Å². The lowest BCUT2D eigenvalue weighted by Gasteiger charge is -2.28. The Labute approximate surface area is 176 Å². The molecule has 2 aromatic carbocycles. The van der Waals surface area contributed by atoms with Crippen LogP contribution in [0.5, 0.6) is 0 Å². The van der Waals surface area contributed by atoms with Crippen LogP contribution in [0.2, 0.25) is 0 Å². The first kappa shape index (κ1) is 20.0. The van der Waals surface area contributed by atoms with Crippen LogP contribution in [-0.4, -0.2) is 39.9 Å². The second-order valence-corrected chi connectivity index (χ2v) is 7.46. The Hall–Kier alpha value is -3.29. The Bertz CT molecular complexity index is 1060. The number of carbonyl (C=O) groups excluding carboxylic acids is 1. The molecule has 3 aromatic rings. The first-order chi connectivity index (χ1) is 14.7. The number of amides is 1. The maximum absolute atomic E-state index is 10.6. The monoisotopic (exact) mass is 402 g/mol. The molecule has 154 valence electrons. The molecule has 1 amide bonds. The summed E-state index contributed by atoms with van der Waals surface area (Å²) in [5.41, 5.74) is 15.6. The molecule has 0 bridgehead atoms. The van der Waals surface area contributed by atoms with Gasteiger partial charge in [-0.25, -0.2) is 5.43 Å². The first-order valence-electron chi connectivity index (χ1n) is 10.1. The largest absolute Gasteiger partial charge is 0.325 e. The third-order valence-electron chi connectivity index (χ3n) is 5.50. The fourth-order valence-electron chi connectivity index (χ4n) is 3.94. The van der Waals surface area contributed by atoms with Gasteiger partial charge in [0, 0.05) is 37.3 Å². The summed E-state index contributed by atoms with van der Waals surface area (Å²) in [5.74, 6) is 0. The minimum atomic E-state index is 0.238. The minimum Gasteiger partial charge on any atom is -0.325 e. The highest BCUT2D eigenvalue weighted by Crippen LogP contribution is 2.29. The molecular weight excluding hydrogens is 376 g/mol. The number of hydrogen-bond acceptors (Lipinski definition) is 5. The molecule has 2 heterocycles. The molecule has 3 N–H and O–H groups in total. The molecule has 7 heteroatoms. The van der Waals surface area contributed by atoms with Crippen molar-refractivity contribution in [2.45, 2.75) is 26.6 Å². The third-order valence-corrected chi connectivity index (χ3v) is 5.50. The Morgan fingerprint density at radius 2 is 2.07 bits per heavy atom. The molecule has 0 atom stereocenters. The van der Waals surface area contributed by atoms with Gasteiger partial charge in [-0.2, -0.15) is 10.2 Å². The van der Waals surface area contributed by atoms with Gasteiger partial charge in [0.25, 0.3) is 0 Å². The summed E-state index contributed by atoms with van der Waals surface area (Å²) in [6, 6.07) is 16.8. The lowest BCUT2D eigenvalue weighted by Crippen LogP contribution is -2.33. The maximum atomic E-state index is 10.6. The fourth-order valence-corrected chi connectivity index (χ4v) is 3.94. The fraction of sp³-hybridized carbons (Fsp3) is 0.261. The average Bonchev–Trinajstić information content (AvgIpc) is 3.19. The molecule has 0 unspecified atom stereocenters. The van der Waals surface area contributed by atoms with Crippen molar-refractivity contribution in [3.8, 4) is 11.1 Å². The standard InChI is InChI=1S/C23H26N6O/c1-17-7-8-19(11-20(17)22(12-24)27-25-16-30)21-13-26-29-10-9-28(15-23(21)29)14-18-5-3-2-4-6-18/h2-8,11,13,16H,9-10,12,14-15,24H2,1H3,(H,25,30)/b27-22-. The van der Waals surface area contributed by atoms with E-state index in [9.17, 15) is 4.79 Å². The number of fused-ring (bicyclic) bond motifs is 1. The molecule has 1 aromatic heterocycles. The van der Waals surface area contributed by atoms with Gasteiger partial charge in [-0.15, -0.1) is 0 Å². The van der Waals surface area contributed by atoms with Crippen LogP contribution in [0, 0.1) is 6.92 Å². The lowest BCUT2D eigenvalue weighted by atomic mass is 9.97. The second kappa shape index (κ2) is 9.02. The quantitative estimate of drug-likeness (QED) is 0.361. The molecule has 0 saturated carbocycles. The zero-order chi connectivity index (χ0) is 20.9. The van der Waals surface area contributed by atoms with Gasteiger partial charge in [-0.3, -0.25) is 14.4 Å². The Kier molecular flexibility index (Phi) is 6.02. The smallest absolute Gasteiger partial charge is 0.227 e. The van der Waals surface area contributed by atoms with Crippen LogP contribution < -0.4 is 11.2 Å². The molecule has 0 radical (unpaired) electrons.